The van der Waals surface area contributed by atoms with E-state index in [-0.39, 0.29) is 34.2 Å². The molecule has 31 heavy (non-hydrogen) atoms. The van der Waals surface area contributed by atoms with Crippen LogP contribution >= 0.6 is 23.4 Å². The van der Waals surface area contributed by atoms with Crippen molar-refractivity contribution < 1.29 is 31.9 Å². The van der Waals surface area contributed by atoms with Gasteiger partial charge < -0.3 is 19.2 Å². The van der Waals surface area contributed by atoms with Gasteiger partial charge in [0.15, 0.2) is 6.61 Å². The van der Waals surface area contributed by atoms with Crippen LogP contribution in [0.2, 0.25) is 5.02 Å². The Hall–Kier alpha value is -2.92. The molecule has 0 bridgehead atoms. The molecule has 1 aromatic heterocycles. The van der Waals surface area contributed by atoms with Crippen LogP contribution < -0.4 is 14.8 Å². The first-order valence-corrected chi connectivity index (χ1v) is 9.99. The summed E-state index contributed by atoms with van der Waals surface area (Å²) in [5, 5.41) is 10.0. The molecule has 7 nitrogen and oxygen atoms in total. The van der Waals surface area contributed by atoms with E-state index in [4.69, 9.17) is 25.5 Å². The zero-order valence-corrected chi connectivity index (χ0v) is 17.5. The molecule has 1 heterocycles. The van der Waals surface area contributed by atoms with Gasteiger partial charge in [0.25, 0.3) is 11.1 Å². The number of nitrogens with zero attached hydrogens (tertiary/aromatic N) is 2. The lowest BCUT2D eigenvalue weighted by molar-refractivity contribution is -0.137. The van der Waals surface area contributed by atoms with Crippen molar-refractivity contribution in [2.75, 3.05) is 18.2 Å². The van der Waals surface area contributed by atoms with Gasteiger partial charge in [-0.2, -0.15) is 13.2 Å². The van der Waals surface area contributed by atoms with Crippen molar-refractivity contribution in [1.29, 1.82) is 0 Å². The van der Waals surface area contributed by atoms with E-state index in [0.29, 0.717) is 11.5 Å². The first-order valence-electron chi connectivity index (χ1n) is 8.63. The predicted molar refractivity (Wildman–Crippen MR) is 107 cm³/mol. The van der Waals surface area contributed by atoms with E-state index in [1.54, 1.807) is 31.4 Å². The zero-order valence-electron chi connectivity index (χ0n) is 15.9. The van der Waals surface area contributed by atoms with E-state index < -0.39 is 17.6 Å². The molecule has 0 aliphatic heterocycles. The summed E-state index contributed by atoms with van der Waals surface area (Å²) in [5.74, 6) is 0.701. The van der Waals surface area contributed by atoms with Gasteiger partial charge >= 0.3 is 6.18 Å². The molecule has 3 rings (SSSR count). The lowest BCUT2D eigenvalue weighted by Gasteiger charge is -2.11. The van der Waals surface area contributed by atoms with Crippen molar-refractivity contribution in [2.24, 2.45) is 0 Å². The number of aromatic nitrogens is 2. The van der Waals surface area contributed by atoms with E-state index in [0.717, 1.165) is 30.0 Å². The first kappa shape index (κ1) is 22.8. The quantitative estimate of drug-likeness (QED) is 0.457. The topological polar surface area (TPSA) is 86.5 Å². The van der Waals surface area contributed by atoms with Gasteiger partial charge in [0.05, 0.1) is 29.1 Å². The van der Waals surface area contributed by atoms with Gasteiger partial charge in [-0.3, -0.25) is 4.79 Å². The molecule has 1 amide bonds. The number of hydrogen-bond donors (Lipinski definition) is 1. The second-order valence-electron chi connectivity index (χ2n) is 5.96. The normalized spacial score (nSPS) is 11.3. The third-order valence-corrected chi connectivity index (χ3v) is 4.91. The highest BCUT2D eigenvalue weighted by Gasteiger charge is 2.31. The first-order chi connectivity index (χ1) is 14.7. The predicted octanol–water partition coefficient (Wildman–Crippen LogP) is 5.06. The number of nitrogens with one attached hydrogen (secondary N) is 1. The molecule has 0 aliphatic carbocycles. The van der Waals surface area contributed by atoms with Crippen molar-refractivity contribution in [2.45, 2.75) is 18.0 Å². The maximum Gasteiger partial charge on any atom is 0.416 e. The van der Waals surface area contributed by atoms with E-state index >= 15 is 0 Å². The molecule has 2 aromatic carbocycles. The SMILES string of the molecule is COc1ccc(OCc2nnc(SCC(=O)Nc3cc(C(F)(F)F)ccc3Cl)o2)cc1. The Labute approximate surface area is 183 Å². The fourth-order valence-corrected chi connectivity index (χ4v) is 3.03. The molecule has 0 fully saturated rings. The molecule has 0 saturated heterocycles. The number of ether oxygens (including phenoxy) is 2. The molecular formula is C19H15ClF3N3O4S. The van der Waals surface area contributed by atoms with Crippen molar-refractivity contribution in [3.8, 4) is 11.5 Å². The average Bonchev–Trinajstić information content (AvgIpc) is 3.20. The monoisotopic (exact) mass is 473 g/mol. The Balaban J connectivity index is 1.50. The Morgan fingerprint density at radius 2 is 1.87 bits per heavy atom. The number of carbonyl (C=O) groups excluding carboxylic acids is 1. The van der Waals surface area contributed by atoms with Crippen LogP contribution in [0.5, 0.6) is 11.5 Å². The van der Waals surface area contributed by atoms with Gasteiger partial charge in [0, 0.05) is 0 Å². The molecule has 0 atom stereocenters. The number of hydrogen-bond acceptors (Lipinski definition) is 7. The molecule has 3 aromatic rings. The van der Waals surface area contributed by atoms with Crippen LogP contribution in [0.25, 0.3) is 0 Å². The molecule has 0 spiro atoms. The van der Waals surface area contributed by atoms with E-state index in [9.17, 15) is 18.0 Å². The van der Waals surface area contributed by atoms with Crippen LogP contribution in [-0.2, 0) is 17.6 Å². The van der Waals surface area contributed by atoms with Crippen LogP contribution in [0.3, 0.4) is 0 Å². The van der Waals surface area contributed by atoms with E-state index in [2.05, 4.69) is 15.5 Å². The van der Waals surface area contributed by atoms with Crippen LogP contribution in [0.1, 0.15) is 11.5 Å². The van der Waals surface area contributed by atoms with E-state index in [1.807, 2.05) is 0 Å². The van der Waals surface area contributed by atoms with Gasteiger partial charge in [0.1, 0.15) is 11.5 Å². The van der Waals surface area contributed by atoms with E-state index in [1.165, 1.54) is 0 Å². The third-order valence-electron chi connectivity index (χ3n) is 3.76. The van der Waals surface area contributed by atoms with Gasteiger partial charge in [-0.05, 0) is 42.5 Å². The second kappa shape index (κ2) is 9.92. The second-order valence-corrected chi connectivity index (χ2v) is 7.29. The van der Waals surface area contributed by atoms with Crippen molar-refractivity contribution in [3.05, 3.63) is 58.9 Å². The number of anilines is 1. The summed E-state index contributed by atoms with van der Waals surface area (Å²) in [6.07, 6.45) is -4.55. The highest BCUT2D eigenvalue weighted by atomic mass is 35.5. The van der Waals surface area contributed by atoms with Crippen LogP contribution in [0.15, 0.2) is 52.1 Å². The number of methoxy groups -OCH3 is 1. The molecule has 0 aliphatic rings. The summed E-state index contributed by atoms with van der Waals surface area (Å²) >= 11 is 6.78. The summed E-state index contributed by atoms with van der Waals surface area (Å²) in [6.45, 7) is 0.0198. The number of thioether (sulfide) groups is 1. The van der Waals surface area contributed by atoms with Crippen LogP contribution in [0, 0.1) is 0 Å². The lowest BCUT2D eigenvalue weighted by atomic mass is 10.2. The van der Waals surface area contributed by atoms with Crippen LogP contribution in [0.4, 0.5) is 18.9 Å². The Morgan fingerprint density at radius 1 is 1.16 bits per heavy atom. The largest absolute Gasteiger partial charge is 0.497 e. The van der Waals surface area contributed by atoms with Gasteiger partial charge in [0.2, 0.25) is 5.91 Å². The van der Waals surface area contributed by atoms with Gasteiger partial charge in [-0.1, -0.05) is 23.4 Å². The maximum atomic E-state index is 12.8. The smallest absolute Gasteiger partial charge is 0.416 e. The zero-order chi connectivity index (χ0) is 22.4. The number of rotatable bonds is 8. The fraction of sp³-hybridized carbons (Fsp3) is 0.211. The third kappa shape index (κ3) is 6.53. The molecule has 12 heteroatoms. The Kier molecular flexibility index (Phi) is 7.29. The summed E-state index contributed by atoms with van der Waals surface area (Å²) in [4.78, 5) is 12.1. The summed E-state index contributed by atoms with van der Waals surface area (Å²) < 4.78 is 54.4. The molecule has 164 valence electrons. The summed E-state index contributed by atoms with van der Waals surface area (Å²) in [5.41, 5.74) is -1.06. The highest BCUT2D eigenvalue weighted by molar-refractivity contribution is 7.99. The standard InChI is InChI=1S/C19H15ClF3N3O4S/c1-28-12-3-5-13(6-4-12)29-9-17-25-26-18(30-17)31-10-16(27)24-15-8-11(19(21,22)23)2-7-14(15)20/h2-8H,9-10H2,1H3,(H,24,27). The molecular weight excluding hydrogens is 459 g/mol. The number of amides is 1. The molecule has 0 unspecified atom stereocenters. The molecule has 0 radical (unpaired) electrons. The maximum absolute atomic E-state index is 12.8. The highest BCUT2D eigenvalue weighted by Crippen LogP contribution is 2.34. The molecule has 1 N–H and O–H groups in total. The number of benzene rings is 2. The Bertz CT molecular complexity index is 1040. The fourth-order valence-electron chi connectivity index (χ4n) is 2.28. The van der Waals surface area contributed by atoms with Gasteiger partial charge in [-0.15, -0.1) is 10.2 Å². The van der Waals surface area contributed by atoms with Gasteiger partial charge in [-0.25, -0.2) is 0 Å². The lowest BCUT2D eigenvalue weighted by Crippen LogP contribution is -2.15. The molecule has 0 saturated carbocycles. The Morgan fingerprint density at radius 3 is 2.55 bits per heavy atom. The number of carbonyl (C=O) groups is 1. The van der Waals surface area contributed by atoms with Crippen molar-refractivity contribution in [3.63, 3.8) is 0 Å². The minimum atomic E-state index is -4.55. The van der Waals surface area contributed by atoms with Crippen LogP contribution in [-0.4, -0.2) is 29.0 Å². The number of halogens is 4. The summed E-state index contributed by atoms with van der Waals surface area (Å²) in [6, 6.07) is 9.58. The summed E-state index contributed by atoms with van der Waals surface area (Å²) in [7, 11) is 1.56. The minimum absolute atomic E-state index is 0.0119. The number of alkyl halides is 3. The average molecular weight is 474 g/mol. The van der Waals surface area contributed by atoms with Crippen molar-refractivity contribution >= 4 is 35.0 Å². The van der Waals surface area contributed by atoms with Crippen molar-refractivity contribution in [1.82, 2.24) is 10.2 Å². The minimum Gasteiger partial charge on any atom is -0.497 e.